The van der Waals surface area contributed by atoms with Crippen LogP contribution in [0.2, 0.25) is 0 Å². The van der Waals surface area contributed by atoms with Crippen LogP contribution in [-0.2, 0) is 20.4 Å². The lowest BCUT2D eigenvalue weighted by Crippen LogP contribution is -2.35. The zero-order chi connectivity index (χ0) is 12.2. The van der Waals surface area contributed by atoms with Crippen molar-refractivity contribution in [2.24, 2.45) is 5.84 Å². The molecule has 0 aliphatic carbocycles. The van der Waals surface area contributed by atoms with Crippen LogP contribution in [0.5, 0.6) is 0 Å². The van der Waals surface area contributed by atoms with Crippen LogP contribution in [-0.4, -0.2) is 20.1 Å². The smallest absolute Gasteiger partial charge is 0.249 e. The largest absolute Gasteiger partial charge is 0.399 e. The average Bonchev–Trinajstić information content (AvgIpc) is 2.20. The molecule has 0 aliphatic rings. The van der Waals surface area contributed by atoms with Gasteiger partial charge in [0.1, 0.15) is 5.75 Å². The molecule has 16 heavy (non-hydrogen) atoms. The van der Waals surface area contributed by atoms with Crippen molar-refractivity contribution in [2.45, 2.75) is 5.75 Å². The fourth-order valence-corrected chi connectivity index (χ4v) is 2.45. The van der Waals surface area contributed by atoms with Gasteiger partial charge in [0.15, 0.2) is 9.84 Å². The van der Waals surface area contributed by atoms with Gasteiger partial charge in [0.05, 0.1) is 5.75 Å². The van der Waals surface area contributed by atoms with Crippen molar-refractivity contribution in [3.05, 3.63) is 29.8 Å². The van der Waals surface area contributed by atoms with Crippen molar-refractivity contribution in [3.63, 3.8) is 0 Å². The van der Waals surface area contributed by atoms with Crippen molar-refractivity contribution in [1.29, 1.82) is 0 Å². The van der Waals surface area contributed by atoms with Crippen LogP contribution in [0.3, 0.4) is 0 Å². The third-order valence-corrected chi connectivity index (χ3v) is 3.35. The van der Waals surface area contributed by atoms with E-state index in [1.54, 1.807) is 29.7 Å². The molecule has 0 atom stereocenters. The van der Waals surface area contributed by atoms with Crippen molar-refractivity contribution in [2.75, 3.05) is 11.5 Å². The number of anilines is 1. The van der Waals surface area contributed by atoms with Gasteiger partial charge < -0.3 is 5.73 Å². The summed E-state index contributed by atoms with van der Waals surface area (Å²) >= 11 is 0. The molecule has 0 aromatic heterocycles. The van der Waals surface area contributed by atoms with Crippen molar-refractivity contribution in [1.82, 2.24) is 5.43 Å². The molecule has 0 bridgehead atoms. The maximum absolute atomic E-state index is 11.5. The maximum Gasteiger partial charge on any atom is 0.249 e. The lowest BCUT2D eigenvalue weighted by Gasteiger charge is -2.04. The minimum Gasteiger partial charge on any atom is -0.399 e. The Morgan fingerprint density at radius 3 is 2.31 bits per heavy atom. The molecule has 1 aromatic carbocycles. The van der Waals surface area contributed by atoms with Crippen LogP contribution in [0.25, 0.3) is 0 Å². The molecule has 88 valence electrons. The van der Waals surface area contributed by atoms with E-state index in [0.29, 0.717) is 11.3 Å². The maximum atomic E-state index is 11.5. The van der Waals surface area contributed by atoms with Gasteiger partial charge in [-0.2, -0.15) is 0 Å². The number of nitrogen functional groups attached to an aromatic ring is 1. The Hall–Kier alpha value is -1.60. The Labute approximate surface area is 93.5 Å². The van der Waals surface area contributed by atoms with Gasteiger partial charge in [0, 0.05) is 5.69 Å². The highest BCUT2D eigenvalue weighted by molar-refractivity contribution is 7.91. The third kappa shape index (κ3) is 3.87. The molecule has 1 aromatic rings. The number of hydrogen-bond donors (Lipinski definition) is 3. The summed E-state index contributed by atoms with van der Waals surface area (Å²) in [4.78, 5) is 10.8. The zero-order valence-corrected chi connectivity index (χ0v) is 9.33. The normalized spacial score (nSPS) is 11.1. The van der Waals surface area contributed by atoms with Gasteiger partial charge in [-0.25, -0.2) is 14.3 Å². The molecule has 0 radical (unpaired) electrons. The molecule has 6 nitrogen and oxygen atoms in total. The highest BCUT2D eigenvalue weighted by atomic mass is 32.2. The summed E-state index contributed by atoms with van der Waals surface area (Å²) in [7, 11) is -3.49. The fourth-order valence-electron chi connectivity index (χ4n) is 1.16. The molecule has 1 rings (SSSR count). The Bertz CT molecular complexity index is 467. The predicted octanol–water partition coefficient (Wildman–Crippen LogP) is -0.826. The van der Waals surface area contributed by atoms with E-state index in [0.717, 1.165) is 0 Å². The van der Waals surface area contributed by atoms with Gasteiger partial charge >= 0.3 is 0 Å². The van der Waals surface area contributed by atoms with E-state index >= 15 is 0 Å². The topological polar surface area (TPSA) is 115 Å². The second-order valence-electron chi connectivity index (χ2n) is 3.34. The molecular weight excluding hydrogens is 230 g/mol. The van der Waals surface area contributed by atoms with Gasteiger partial charge in [-0.15, -0.1) is 0 Å². The molecule has 0 aliphatic heterocycles. The summed E-state index contributed by atoms with van der Waals surface area (Å²) in [6.45, 7) is 0. The second kappa shape index (κ2) is 4.95. The number of nitrogens with two attached hydrogens (primary N) is 2. The summed E-state index contributed by atoms with van der Waals surface area (Å²) in [5, 5.41) is 0. The summed E-state index contributed by atoms with van der Waals surface area (Å²) in [6, 6.07) is 6.42. The van der Waals surface area contributed by atoms with Crippen LogP contribution in [0, 0.1) is 0 Å². The first kappa shape index (κ1) is 12.5. The van der Waals surface area contributed by atoms with E-state index in [-0.39, 0.29) is 5.75 Å². The Morgan fingerprint density at radius 2 is 1.81 bits per heavy atom. The Morgan fingerprint density at radius 1 is 1.25 bits per heavy atom. The summed E-state index contributed by atoms with van der Waals surface area (Å²) < 4.78 is 23.0. The van der Waals surface area contributed by atoms with Crippen LogP contribution in [0.1, 0.15) is 5.56 Å². The molecule has 5 N–H and O–H groups in total. The Kier molecular flexibility index (Phi) is 3.86. The molecule has 0 fully saturated rings. The molecular formula is C9H13N3O3S. The fraction of sp³-hybridized carbons (Fsp3) is 0.222. The number of amides is 1. The highest BCUT2D eigenvalue weighted by Crippen LogP contribution is 2.09. The quantitative estimate of drug-likeness (QED) is 0.276. The van der Waals surface area contributed by atoms with Crippen LogP contribution in [0.15, 0.2) is 24.3 Å². The van der Waals surface area contributed by atoms with Gasteiger partial charge in [0.25, 0.3) is 0 Å². The number of benzene rings is 1. The number of hydrogen-bond acceptors (Lipinski definition) is 5. The third-order valence-electron chi connectivity index (χ3n) is 1.88. The van der Waals surface area contributed by atoms with E-state index in [1.807, 2.05) is 0 Å². The van der Waals surface area contributed by atoms with Gasteiger partial charge in [-0.05, 0) is 17.7 Å². The van der Waals surface area contributed by atoms with Crippen molar-refractivity contribution < 1.29 is 13.2 Å². The van der Waals surface area contributed by atoms with E-state index in [4.69, 9.17) is 11.6 Å². The number of sulfone groups is 1. The summed E-state index contributed by atoms with van der Waals surface area (Å²) in [5.74, 6) is 3.26. The lowest BCUT2D eigenvalue weighted by molar-refractivity contribution is -0.118. The SMILES string of the molecule is NNC(=O)CS(=O)(=O)Cc1ccc(N)cc1. The Balaban J connectivity index is 2.73. The van der Waals surface area contributed by atoms with E-state index in [1.165, 1.54) is 0 Å². The lowest BCUT2D eigenvalue weighted by atomic mass is 10.2. The zero-order valence-electron chi connectivity index (χ0n) is 8.51. The summed E-state index contributed by atoms with van der Waals surface area (Å²) in [5.41, 5.74) is 8.38. The minimum absolute atomic E-state index is 0.208. The van der Waals surface area contributed by atoms with Crippen molar-refractivity contribution in [3.8, 4) is 0 Å². The first-order chi connectivity index (χ1) is 7.43. The van der Waals surface area contributed by atoms with Crippen molar-refractivity contribution >= 4 is 21.4 Å². The molecule has 0 saturated heterocycles. The standard InChI is InChI=1S/C9H13N3O3S/c10-8-3-1-7(2-4-8)5-16(14,15)6-9(13)12-11/h1-4H,5-6,10-11H2,(H,12,13). The highest BCUT2D eigenvalue weighted by Gasteiger charge is 2.16. The molecule has 0 unspecified atom stereocenters. The molecule has 0 saturated carbocycles. The predicted molar refractivity (Wildman–Crippen MR) is 60.7 cm³/mol. The molecule has 7 heteroatoms. The van der Waals surface area contributed by atoms with Crippen LogP contribution < -0.4 is 17.0 Å². The van der Waals surface area contributed by atoms with E-state index in [2.05, 4.69) is 0 Å². The van der Waals surface area contributed by atoms with Gasteiger partial charge in [0.2, 0.25) is 5.91 Å². The number of carbonyl (C=O) groups is 1. The van der Waals surface area contributed by atoms with Gasteiger partial charge in [-0.3, -0.25) is 10.2 Å². The van der Waals surface area contributed by atoms with Gasteiger partial charge in [-0.1, -0.05) is 12.1 Å². The molecule has 0 spiro atoms. The van der Waals surface area contributed by atoms with E-state index < -0.39 is 21.5 Å². The van der Waals surface area contributed by atoms with E-state index in [9.17, 15) is 13.2 Å². The second-order valence-corrected chi connectivity index (χ2v) is 5.41. The summed E-state index contributed by atoms with van der Waals surface area (Å²) in [6.07, 6.45) is 0. The average molecular weight is 243 g/mol. The van der Waals surface area contributed by atoms with Crippen LogP contribution >= 0.6 is 0 Å². The first-order valence-corrected chi connectivity index (χ1v) is 6.29. The molecule has 1 amide bonds. The number of rotatable bonds is 4. The number of hydrazine groups is 1. The monoisotopic (exact) mass is 243 g/mol. The number of carbonyl (C=O) groups excluding carboxylic acids is 1. The molecule has 0 heterocycles. The number of nitrogens with one attached hydrogen (secondary N) is 1. The first-order valence-electron chi connectivity index (χ1n) is 4.47. The van der Waals surface area contributed by atoms with Crippen LogP contribution in [0.4, 0.5) is 5.69 Å². The minimum atomic E-state index is -3.49.